The molecule has 1 aromatic rings. The zero-order valence-electron chi connectivity index (χ0n) is 10.5. The standard InChI is InChI=1S/C13H15BrClN3O/c14-11-7-10(15)8-16-12(11)17-3-5-18(6-4-17)13(19)9-1-2-9/h7-9H,1-6H2. The molecule has 0 unspecified atom stereocenters. The minimum Gasteiger partial charge on any atom is -0.352 e. The van der Waals surface area contributed by atoms with Crippen LogP contribution in [-0.4, -0.2) is 42.0 Å². The van der Waals surface area contributed by atoms with Gasteiger partial charge in [-0.2, -0.15) is 0 Å². The van der Waals surface area contributed by atoms with E-state index in [1.165, 1.54) is 0 Å². The minimum atomic E-state index is 0.312. The van der Waals surface area contributed by atoms with Gasteiger partial charge in [0.05, 0.1) is 9.50 Å². The molecule has 2 heterocycles. The molecule has 0 bridgehead atoms. The third kappa shape index (κ3) is 2.87. The van der Waals surface area contributed by atoms with Gasteiger partial charge < -0.3 is 9.80 Å². The van der Waals surface area contributed by atoms with Gasteiger partial charge in [-0.25, -0.2) is 4.98 Å². The predicted molar refractivity (Wildman–Crippen MR) is 78.5 cm³/mol. The summed E-state index contributed by atoms with van der Waals surface area (Å²) < 4.78 is 0.905. The van der Waals surface area contributed by atoms with E-state index in [0.29, 0.717) is 16.8 Å². The second-order valence-corrected chi connectivity index (χ2v) is 6.34. The van der Waals surface area contributed by atoms with E-state index in [0.717, 1.165) is 49.3 Å². The average molecular weight is 345 g/mol. The lowest BCUT2D eigenvalue weighted by atomic mass is 10.2. The molecule has 0 radical (unpaired) electrons. The normalized spacial score (nSPS) is 19.7. The summed E-state index contributed by atoms with van der Waals surface area (Å²) in [5.41, 5.74) is 0. The highest BCUT2D eigenvalue weighted by atomic mass is 79.9. The summed E-state index contributed by atoms with van der Waals surface area (Å²) in [6.45, 7) is 3.22. The molecule has 1 aliphatic heterocycles. The second-order valence-electron chi connectivity index (χ2n) is 5.05. The molecule has 1 aromatic heterocycles. The van der Waals surface area contributed by atoms with Crippen molar-refractivity contribution in [3.8, 4) is 0 Å². The topological polar surface area (TPSA) is 36.4 Å². The number of aromatic nitrogens is 1. The number of nitrogens with zero attached hydrogens (tertiary/aromatic N) is 3. The molecule has 2 aliphatic rings. The molecule has 0 atom stereocenters. The van der Waals surface area contributed by atoms with Crippen LogP contribution in [0.25, 0.3) is 0 Å². The van der Waals surface area contributed by atoms with Gasteiger partial charge in [-0.1, -0.05) is 11.6 Å². The molecule has 2 fully saturated rings. The van der Waals surface area contributed by atoms with Gasteiger partial charge in [0, 0.05) is 38.3 Å². The SMILES string of the molecule is O=C(C1CC1)N1CCN(c2ncc(Cl)cc2Br)CC1. The van der Waals surface area contributed by atoms with Gasteiger partial charge in [0.1, 0.15) is 5.82 Å². The molecule has 1 saturated carbocycles. The minimum absolute atomic E-state index is 0.312. The van der Waals surface area contributed by atoms with E-state index in [2.05, 4.69) is 25.8 Å². The molecule has 1 aliphatic carbocycles. The number of piperazine rings is 1. The summed E-state index contributed by atoms with van der Waals surface area (Å²) in [5.74, 6) is 1.55. The van der Waals surface area contributed by atoms with Crippen LogP contribution in [0.1, 0.15) is 12.8 Å². The zero-order valence-corrected chi connectivity index (χ0v) is 12.8. The third-order valence-corrected chi connectivity index (χ3v) is 4.40. The Labute approximate surface area is 125 Å². The molecule has 102 valence electrons. The van der Waals surface area contributed by atoms with Crippen LogP contribution in [0.2, 0.25) is 5.02 Å². The maximum atomic E-state index is 12.0. The molecular weight excluding hydrogens is 330 g/mol. The summed E-state index contributed by atoms with van der Waals surface area (Å²) in [6.07, 6.45) is 3.80. The van der Waals surface area contributed by atoms with Gasteiger partial charge in [-0.05, 0) is 34.8 Å². The number of pyridine rings is 1. The first kappa shape index (κ1) is 13.2. The Morgan fingerprint density at radius 1 is 1.32 bits per heavy atom. The monoisotopic (exact) mass is 343 g/mol. The Morgan fingerprint density at radius 3 is 2.58 bits per heavy atom. The Morgan fingerprint density at radius 2 is 2.00 bits per heavy atom. The van der Waals surface area contributed by atoms with Crippen molar-refractivity contribution in [3.05, 3.63) is 21.8 Å². The maximum absolute atomic E-state index is 12.0. The first-order valence-corrected chi connectivity index (χ1v) is 7.67. The van der Waals surface area contributed by atoms with E-state index >= 15 is 0 Å². The van der Waals surface area contributed by atoms with E-state index in [9.17, 15) is 4.79 Å². The van der Waals surface area contributed by atoms with Crippen molar-refractivity contribution in [2.24, 2.45) is 5.92 Å². The van der Waals surface area contributed by atoms with E-state index in [-0.39, 0.29) is 0 Å². The van der Waals surface area contributed by atoms with Crippen molar-refractivity contribution < 1.29 is 4.79 Å². The van der Waals surface area contributed by atoms with Crippen LogP contribution in [0.4, 0.5) is 5.82 Å². The Kier molecular flexibility index (Phi) is 3.67. The molecule has 0 spiro atoms. The van der Waals surface area contributed by atoms with E-state index < -0.39 is 0 Å². The number of halogens is 2. The highest BCUT2D eigenvalue weighted by Crippen LogP contribution is 2.32. The van der Waals surface area contributed by atoms with Gasteiger partial charge >= 0.3 is 0 Å². The fraction of sp³-hybridized carbons (Fsp3) is 0.538. The van der Waals surface area contributed by atoms with E-state index in [1.54, 1.807) is 6.20 Å². The Hall–Kier alpha value is -0.810. The fourth-order valence-corrected chi connectivity index (χ4v) is 3.26. The third-order valence-electron chi connectivity index (χ3n) is 3.61. The van der Waals surface area contributed by atoms with Crippen LogP contribution >= 0.6 is 27.5 Å². The highest BCUT2D eigenvalue weighted by Gasteiger charge is 2.34. The fourth-order valence-electron chi connectivity index (χ4n) is 2.37. The van der Waals surface area contributed by atoms with Crippen LogP contribution in [0, 0.1) is 5.92 Å². The zero-order chi connectivity index (χ0) is 13.4. The van der Waals surface area contributed by atoms with Crippen molar-refractivity contribution in [3.63, 3.8) is 0 Å². The van der Waals surface area contributed by atoms with Crippen molar-refractivity contribution in [1.29, 1.82) is 0 Å². The lowest BCUT2D eigenvalue weighted by Crippen LogP contribution is -2.49. The summed E-state index contributed by atoms with van der Waals surface area (Å²) >= 11 is 9.39. The number of carbonyl (C=O) groups excluding carboxylic acids is 1. The van der Waals surface area contributed by atoms with Gasteiger partial charge in [0.2, 0.25) is 5.91 Å². The lowest BCUT2D eigenvalue weighted by Gasteiger charge is -2.36. The number of hydrogen-bond donors (Lipinski definition) is 0. The Bertz CT molecular complexity index is 499. The van der Waals surface area contributed by atoms with Gasteiger partial charge in [-0.15, -0.1) is 0 Å². The largest absolute Gasteiger partial charge is 0.352 e. The molecule has 0 aromatic carbocycles. The van der Waals surface area contributed by atoms with Crippen LogP contribution in [0.5, 0.6) is 0 Å². The molecule has 1 amide bonds. The molecule has 19 heavy (non-hydrogen) atoms. The van der Waals surface area contributed by atoms with Gasteiger partial charge in [-0.3, -0.25) is 4.79 Å². The first-order valence-electron chi connectivity index (χ1n) is 6.50. The van der Waals surface area contributed by atoms with Crippen molar-refractivity contribution in [1.82, 2.24) is 9.88 Å². The summed E-state index contributed by atoms with van der Waals surface area (Å²) in [7, 11) is 0. The lowest BCUT2D eigenvalue weighted by molar-refractivity contribution is -0.132. The van der Waals surface area contributed by atoms with E-state index in [1.807, 2.05) is 11.0 Å². The molecule has 0 N–H and O–H groups in total. The number of hydrogen-bond acceptors (Lipinski definition) is 3. The first-order chi connectivity index (χ1) is 9.15. The summed E-state index contributed by atoms with van der Waals surface area (Å²) in [4.78, 5) is 20.5. The maximum Gasteiger partial charge on any atom is 0.225 e. The van der Waals surface area contributed by atoms with Crippen LogP contribution in [-0.2, 0) is 4.79 Å². The quantitative estimate of drug-likeness (QED) is 0.827. The number of carbonyl (C=O) groups is 1. The van der Waals surface area contributed by atoms with Crippen molar-refractivity contribution in [2.75, 3.05) is 31.1 Å². The van der Waals surface area contributed by atoms with Crippen LogP contribution in [0.15, 0.2) is 16.7 Å². The van der Waals surface area contributed by atoms with Gasteiger partial charge in [0.15, 0.2) is 0 Å². The van der Waals surface area contributed by atoms with E-state index in [4.69, 9.17) is 11.6 Å². The highest BCUT2D eigenvalue weighted by molar-refractivity contribution is 9.10. The molecule has 3 rings (SSSR count). The average Bonchev–Trinajstić information content (AvgIpc) is 3.22. The molecule has 4 nitrogen and oxygen atoms in total. The molecule has 6 heteroatoms. The van der Waals surface area contributed by atoms with Crippen LogP contribution in [0.3, 0.4) is 0 Å². The van der Waals surface area contributed by atoms with Crippen LogP contribution < -0.4 is 4.90 Å². The smallest absolute Gasteiger partial charge is 0.225 e. The second kappa shape index (κ2) is 5.29. The number of rotatable bonds is 2. The number of amides is 1. The van der Waals surface area contributed by atoms with Crippen molar-refractivity contribution in [2.45, 2.75) is 12.8 Å². The Balaban J connectivity index is 1.64. The molecular formula is C13H15BrClN3O. The van der Waals surface area contributed by atoms with Gasteiger partial charge in [0.25, 0.3) is 0 Å². The molecule has 1 saturated heterocycles. The van der Waals surface area contributed by atoms with Crippen molar-refractivity contribution >= 4 is 39.3 Å². The predicted octanol–water partition coefficient (Wildman–Crippen LogP) is 2.56. The summed E-state index contributed by atoms with van der Waals surface area (Å²) in [6, 6.07) is 1.85. The summed E-state index contributed by atoms with van der Waals surface area (Å²) in [5, 5.41) is 0.623. The number of anilines is 1.